The van der Waals surface area contributed by atoms with Gasteiger partial charge in [0.25, 0.3) is 0 Å². The fourth-order valence-corrected chi connectivity index (χ4v) is 3.14. The van der Waals surface area contributed by atoms with Crippen LogP contribution in [0.1, 0.15) is 36.4 Å². The van der Waals surface area contributed by atoms with Crippen LogP contribution in [0.3, 0.4) is 0 Å². The van der Waals surface area contributed by atoms with Crippen molar-refractivity contribution in [2.75, 3.05) is 6.26 Å². The zero-order valence-corrected chi connectivity index (χ0v) is 12.6. The van der Waals surface area contributed by atoms with Gasteiger partial charge in [-0.15, -0.1) is 23.1 Å². The summed E-state index contributed by atoms with van der Waals surface area (Å²) in [7, 11) is 0. The summed E-state index contributed by atoms with van der Waals surface area (Å²) in [5.74, 6) is 0. The van der Waals surface area contributed by atoms with Gasteiger partial charge in [0.15, 0.2) is 0 Å². The van der Waals surface area contributed by atoms with E-state index in [4.69, 9.17) is 0 Å². The van der Waals surface area contributed by atoms with Gasteiger partial charge in [0, 0.05) is 21.9 Å². The van der Waals surface area contributed by atoms with Crippen molar-refractivity contribution in [1.29, 1.82) is 0 Å². The molecule has 0 aliphatic heterocycles. The lowest BCUT2D eigenvalue weighted by molar-refractivity contribution is 0.500. The van der Waals surface area contributed by atoms with E-state index in [1.807, 2.05) is 11.3 Å². The molecular weight excluding hydrogens is 258 g/mol. The molecular formula is C15H19NS2. The van der Waals surface area contributed by atoms with Crippen molar-refractivity contribution in [2.45, 2.75) is 30.8 Å². The molecule has 2 aromatic rings. The SMILES string of the molecule is CSc1ccc(C(C)N[C@@H](C)c2cccs2)cc1. The van der Waals surface area contributed by atoms with Gasteiger partial charge in [0.1, 0.15) is 0 Å². The van der Waals surface area contributed by atoms with Crippen LogP contribution in [0.25, 0.3) is 0 Å². The third kappa shape index (κ3) is 3.37. The number of thioether (sulfide) groups is 1. The maximum atomic E-state index is 3.64. The van der Waals surface area contributed by atoms with E-state index in [2.05, 4.69) is 67.2 Å². The third-order valence-corrected chi connectivity index (χ3v) is 4.88. The van der Waals surface area contributed by atoms with E-state index < -0.39 is 0 Å². The fraction of sp³-hybridized carbons (Fsp3) is 0.333. The Balaban J connectivity index is 2.00. The van der Waals surface area contributed by atoms with Gasteiger partial charge in [-0.1, -0.05) is 18.2 Å². The van der Waals surface area contributed by atoms with Crippen molar-refractivity contribution in [3.05, 3.63) is 52.2 Å². The minimum Gasteiger partial charge on any atom is -0.303 e. The van der Waals surface area contributed by atoms with E-state index in [1.54, 1.807) is 11.8 Å². The summed E-state index contributed by atoms with van der Waals surface area (Å²) >= 11 is 3.59. The number of thiophene rings is 1. The Morgan fingerprint density at radius 3 is 2.33 bits per heavy atom. The molecule has 2 atom stereocenters. The van der Waals surface area contributed by atoms with Crippen LogP contribution in [-0.2, 0) is 0 Å². The van der Waals surface area contributed by atoms with Gasteiger partial charge in [-0.2, -0.15) is 0 Å². The molecule has 0 radical (unpaired) electrons. The van der Waals surface area contributed by atoms with Gasteiger partial charge in [0.05, 0.1) is 0 Å². The van der Waals surface area contributed by atoms with Gasteiger partial charge in [-0.3, -0.25) is 0 Å². The van der Waals surface area contributed by atoms with Crippen molar-refractivity contribution in [2.24, 2.45) is 0 Å². The summed E-state index contributed by atoms with van der Waals surface area (Å²) in [4.78, 5) is 2.71. The second-order valence-electron chi connectivity index (χ2n) is 4.40. The normalized spacial score (nSPS) is 14.4. The molecule has 3 heteroatoms. The first-order chi connectivity index (χ1) is 8.70. The van der Waals surface area contributed by atoms with E-state index in [9.17, 15) is 0 Å². The zero-order valence-electron chi connectivity index (χ0n) is 11.0. The van der Waals surface area contributed by atoms with Gasteiger partial charge < -0.3 is 5.32 Å². The summed E-state index contributed by atoms with van der Waals surface area (Å²) in [6.07, 6.45) is 2.11. The molecule has 0 saturated heterocycles. The van der Waals surface area contributed by atoms with Crippen LogP contribution in [0, 0.1) is 0 Å². The van der Waals surface area contributed by atoms with E-state index in [0.29, 0.717) is 12.1 Å². The molecule has 0 aliphatic carbocycles. The highest BCUT2D eigenvalue weighted by Crippen LogP contribution is 2.24. The molecule has 1 N–H and O–H groups in total. The topological polar surface area (TPSA) is 12.0 Å². The van der Waals surface area contributed by atoms with Crippen LogP contribution in [0.15, 0.2) is 46.7 Å². The summed E-state index contributed by atoms with van der Waals surface area (Å²) < 4.78 is 0. The molecule has 0 saturated carbocycles. The highest BCUT2D eigenvalue weighted by Gasteiger charge is 2.11. The lowest BCUT2D eigenvalue weighted by Gasteiger charge is -2.19. The average molecular weight is 277 g/mol. The van der Waals surface area contributed by atoms with Crippen LogP contribution < -0.4 is 5.32 Å². The molecule has 1 aromatic carbocycles. The molecule has 0 fully saturated rings. The standard InChI is InChI=1S/C15H19NS2/c1-11(13-6-8-14(17-3)9-7-13)16-12(2)15-5-4-10-18-15/h4-12,16H,1-3H3/t11?,12-/m0/s1. The number of benzene rings is 1. The largest absolute Gasteiger partial charge is 0.303 e. The average Bonchev–Trinajstić information content (AvgIpc) is 2.92. The zero-order chi connectivity index (χ0) is 13.0. The smallest absolute Gasteiger partial charge is 0.0391 e. The third-order valence-electron chi connectivity index (χ3n) is 3.09. The van der Waals surface area contributed by atoms with Gasteiger partial charge in [0.2, 0.25) is 0 Å². The lowest BCUT2D eigenvalue weighted by Crippen LogP contribution is -2.21. The van der Waals surface area contributed by atoms with Gasteiger partial charge in [-0.25, -0.2) is 0 Å². The summed E-state index contributed by atoms with van der Waals surface area (Å²) in [6, 6.07) is 13.9. The Kier molecular flexibility index (Phi) is 4.87. The first-order valence-electron chi connectivity index (χ1n) is 6.14. The predicted octanol–water partition coefficient (Wildman–Crippen LogP) is 4.88. The number of hydrogen-bond donors (Lipinski definition) is 1. The van der Waals surface area contributed by atoms with Gasteiger partial charge in [-0.05, 0) is 49.2 Å². The number of nitrogens with one attached hydrogen (secondary N) is 1. The summed E-state index contributed by atoms with van der Waals surface area (Å²) in [6.45, 7) is 4.44. The quantitative estimate of drug-likeness (QED) is 0.782. The molecule has 18 heavy (non-hydrogen) atoms. The Labute approximate surface area is 118 Å². The van der Waals surface area contributed by atoms with Crippen molar-refractivity contribution in [3.63, 3.8) is 0 Å². The lowest BCUT2D eigenvalue weighted by atomic mass is 10.1. The van der Waals surface area contributed by atoms with Crippen LogP contribution in [0.4, 0.5) is 0 Å². The van der Waals surface area contributed by atoms with Crippen molar-refractivity contribution < 1.29 is 0 Å². The molecule has 0 bridgehead atoms. The second-order valence-corrected chi connectivity index (χ2v) is 6.26. The Morgan fingerprint density at radius 2 is 1.78 bits per heavy atom. The van der Waals surface area contributed by atoms with E-state index >= 15 is 0 Å². The Morgan fingerprint density at radius 1 is 1.06 bits per heavy atom. The number of rotatable bonds is 5. The monoisotopic (exact) mass is 277 g/mol. The first-order valence-corrected chi connectivity index (χ1v) is 8.24. The van der Waals surface area contributed by atoms with E-state index in [-0.39, 0.29) is 0 Å². The number of hydrogen-bond acceptors (Lipinski definition) is 3. The molecule has 1 unspecified atom stereocenters. The first kappa shape index (κ1) is 13.7. The second kappa shape index (κ2) is 6.41. The van der Waals surface area contributed by atoms with Crippen molar-refractivity contribution in [1.82, 2.24) is 5.32 Å². The van der Waals surface area contributed by atoms with Crippen LogP contribution >= 0.6 is 23.1 Å². The molecule has 0 spiro atoms. The fourth-order valence-electron chi connectivity index (χ4n) is 1.98. The van der Waals surface area contributed by atoms with Crippen LogP contribution in [-0.4, -0.2) is 6.26 Å². The molecule has 1 aromatic heterocycles. The molecule has 1 heterocycles. The van der Waals surface area contributed by atoms with Crippen molar-refractivity contribution >= 4 is 23.1 Å². The molecule has 0 aliphatic rings. The van der Waals surface area contributed by atoms with Crippen LogP contribution in [0.5, 0.6) is 0 Å². The van der Waals surface area contributed by atoms with E-state index in [0.717, 1.165) is 0 Å². The summed E-state index contributed by atoms with van der Waals surface area (Å²) in [5.41, 5.74) is 1.34. The van der Waals surface area contributed by atoms with Crippen LogP contribution in [0.2, 0.25) is 0 Å². The highest BCUT2D eigenvalue weighted by atomic mass is 32.2. The Hall–Kier alpha value is -0.770. The predicted molar refractivity (Wildman–Crippen MR) is 82.5 cm³/mol. The van der Waals surface area contributed by atoms with Gasteiger partial charge >= 0.3 is 0 Å². The molecule has 2 rings (SSSR count). The maximum Gasteiger partial charge on any atom is 0.0391 e. The molecule has 1 nitrogen and oxygen atoms in total. The summed E-state index contributed by atoms with van der Waals surface area (Å²) in [5, 5.41) is 5.77. The highest BCUT2D eigenvalue weighted by molar-refractivity contribution is 7.98. The minimum atomic E-state index is 0.373. The Bertz CT molecular complexity index is 462. The molecule has 0 amide bonds. The maximum absolute atomic E-state index is 3.64. The van der Waals surface area contributed by atoms with Crippen molar-refractivity contribution in [3.8, 4) is 0 Å². The molecule has 96 valence electrons. The minimum absolute atomic E-state index is 0.373. The van der Waals surface area contributed by atoms with E-state index in [1.165, 1.54) is 15.3 Å².